The van der Waals surface area contributed by atoms with Crippen molar-refractivity contribution in [3.63, 3.8) is 0 Å². The van der Waals surface area contributed by atoms with Crippen molar-refractivity contribution in [2.45, 2.75) is 58.1 Å². The molecule has 1 fully saturated rings. The molecule has 0 aromatic carbocycles. The Morgan fingerprint density at radius 2 is 1.74 bits per heavy atom. The summed E-state index contributed by atoms with van der Waals surface area (Å²) in [4.78, 5) is 13.9. The van der Waals surface area contributed by atoms with Crippen LogP contribution in [-0.4, -0.2) is 43.3 Å². The standard InChI is InChI=1S/C14H27NO3S/c1-12(2)19(17,18)10-6-7-13(3)11-14(16)15-8-4-5-9-15/h12-13H,4-11H2,1-3H3/t13-/m1/s1. The zero-order valence-electron chi connectivity index (χ0n) is 12.4. The molecule has 0 aromatic heterocycles. The first kappa shape index (κ1) is 16.5. The van der Waals surface area contributed by atoms with E-state index < -0.39 is 9.84 Å². The summed E-state index contributed by atoms with van der Waals surface area (Å²) in [5.74, 6) is 0.750. The third-order valence-electron chi connectivity index (χ3n) is 3.83. The normalized spacial score (nSPS) is 18.0. The SMILES string of the molecule is CC(C)S(=O)(=O)CCC[C@@H](C)CC(=O)N1CCCC1. The maximum absolute atomic E-state index is 11.9. The lowest BCUT2D eigenvalue weighted by atomic mass is 10.0. The summed E-state index contributed by atoms with van der Waals surface area (Å²) in [6, 6.07) is 0. The molecule has 0 radical (unpaired) electrons. The van der Waals surface area contributed by atoms with Crippen molar-refractivity contribution in [2.75, 3.05) is 18.8 Å². The number of amides is 1. The molecule has 0 N–H and O–H groups in total. The second-order valence-corrected chi connectivity index (χ2v) is 8.63. The van der Waals surface area contributed by atoms with Gasteiger partial charge in [-0.2, -0.15) is 0 Å². The quantitative estimate of drug-likeness (QED) is 0.722. The van der Waals surface area contributed by atoms with Crippen molar-refractivity contribution >= 4 is 15.7 Å². The topological polar surface area (TPSA) is 54.5 Å². The van der Waals surface area contributed by atoms with Crippen molar-refractivity contribution < 1.29 is 13.2 Å². The number of nitrogens with zero attached hydrogens (tertiary/aromatic N) is 1. The van der Waals surface area contributed by atoms with Gasteiger partial charge in [0.2, 0.25) is 5.91 Å². The Balaban J connectivity index is 2.24. The molecule has 1 aliphatic heterocycles. The van der Waals surface area contributed by atoms with Gasteiger partial charge in [-0.3, -0.25) is 4.79 Å². The van der Waals surface area contributed by atoms with E-state index in [0.29, 0.717) is 12.8 Å². The first-order valence-corrected chi connectivity index (χ1v) is 9.04. The molecule has 0 unspecified atom stereocenters. The Kier molecular flexibility index (Phi) is 6.30. The molecule has 0 bridgehead atoms. The molecule has 1 heterocycles. The maximum Gasteiger partial charge on any atom is 0.222 e. The lowest BCUT2D eigenvalue weighted by Crippen LogP contribution is -2.29. The highest BCUT2D eigenvalue weighted by Gasteiger charge is 2.20. The molecule has 0 spiro atoms. The molecule has 0 aliphatic carbocycles. The van der Waals surface area contributed by atoms with Gasteiger partial charge in [-0.05, 0) is 45.4 Å². The largest absolute Gasteiger partial charge is 0.343 e. The van der Waals surface area contributed by atoms with Gasteiger partial charge in [-0.1, -0.05) is 6.92 Å². The highest BCUT2D eigenvalue weighted by Crippen LogP contribution is 2.16. The van der Waals surface area contributed by atoms with Gasteiger partial charge in [0.15, 0.2) is 9.84 Å². The van der Waals surface area contributed by atoms with Gasteiger partial charge >= 0.3 is 0 Å². The third kappa shape index (κ3) is 5.51. The number of carbonyl (C=O) groups excluding carboxylic acids is 1. The minimum absolute atomic E-state index is 0.233. The molecule has 19 heavy (non-hydrogen) atoms. The summed E-state index contributed by atoms with van der Waals surface area (Å²) in [6.45, 7) is 7.27. The van der Waals surface area contributed by atoms with E-state index in [1.54, 1.807) is 13.8 Å². The summed E-state index contributed by atoms with van der Waals surface area (Å²) in [7, 11) is -2.93. The monoisotopic (exact) mass is 289 g/mol. The molecule has 1 atom stereocenters. The molecule has 1 aliphatic rings. The van der Waals surface area contributed by atoms with Crippen LogP contribution in [-0.2, 0) is 14.6 Å². The van der Waals surface area contributed by atoms with Gasteiger partial charge in [0, 0.05) is 19.5 Å². The van der Waals surface area contributed by atoms with Gasteiger partial charge in [-0.15, -0.1) is 0 Å². The number of sulfone groups is 1. The van der Waals surface area contributed by atoms with Crippen LogP contribution in [0.5, 0.6) is 0 Å². The van der Waals surface area contributed by atoms with Crippen LogP contribution in [0.3, 0.4) is 0 Å². The second-order valence-electron chi connectivity index (χ2n) is 5.96. The zero-order chi connectivity index (χ0) is 14.5. The Morgan fingerprint density at radius 1 is 1.16 bits per heavy atom. The van der Waals surface area contributed by atoms with E-state index in [0.717, 1.165) is 32.4 Å². The molecule has 1 amide bonds. The number of carbonyl (C=O) groups is 1. The van der Waals surface area contributed by atoms with Crippen LogP contribution in [0.25, 0.3) is 0 Å². The van der Waals surface area contributed by atoms with E-state index >= 15 is 0 Å². The van der Waals surface area contributed by atoms with Crippen molar-refractivity contribution in [1.29, 1.82) is 0 Å². The van der Waals surface area contributed by atoms with Crippen molar-refractivity contribution in [3.8, 4) is 0 Å². The fourth-order valence-corrected chi connectivity index (χ4v) is 3.40. The predicted molar refractivity (Wildman–Crippen MR) is 77.8 cm³/mol. The van der Waals surface area contributed by atoms with Crippen molar-refractivity contribution in [2.24, 2.45) is 5.92 Å². The fourth-order valence-electron chi connectivity index (χ4n) is 2.36. The van der Waals surface area contributed by atoms with Gasteiger partial charge in [-0.25, -0.2) is 8.42 Å². The van der Waals surface area contributed by atoms with Gasteiger partial charge < -0.3 is 4.90 Å². The van der Waals surface area contributed by atoms with Crippen LogP contribution in [0, 0.1) is 5.92 Å². The molecule has 0 saturated carbocycles. The van der Waals surface area contributed by atoms with E-state index in [9.17, 15) is 13.2 Å². The summed E-state index contributed by atoms with van der Waals surface area (Å²) >= 11 is 0. The number of hydrogen-bond acceptors (Lipinski definition) is 3. The highest BCUT2D eigenvalue weighted by atomic mass is 32.2. The van der Waals surface area contributed by atoms with Crippen LogP contribution in [0.1, 0.15) is 52.9 Å². The van der Waals surface area contributed by atoms with E-state index in [2.05, 4.69) is 0 Å². The average molecular weight is 289 g/mol. The molecule has 0 aromatic rings. The molecule has 1 rings (SSSR count). The summed E-state index contributed by atoms with van der Waals surface area (Å²) in [5, 5.41) is -0.297. The van der Waals surface area contributed by atoms with Gasteiger partial charge in [0.05, 0.1) is 11.0 Å². The minimum atomic E-state index is -2.93. The van der Waals surface area contributed by atoms with E-state index in [4.69, 9.17) is 0 Å². The van der Waals surface area contributed by atoms with Crippen molar-refractivity contribution in [3.05, 3.63) is 0 Å². The Labute approximate surface area is 117 Å². The van der Waals surface area contributed by atoms with E-state index in [1.165, 1.54) is 0 Å². The van der Waals surface area contributed by atoms with Crippen LogP contribution in [0.15, 0.2) is 0 Å². The summed E-state index contributed by atoms with van der Waals surface area (Å²) in [6.07, 6.45) is 4.27. The Bertz CT molecular complexity index is 383. The summed E-state index contributed by atoms with van der Waals surface area (Å²) < 4.78 is 23.3. The highest BCUT2D eigenvalue weighted by molar-refractivity contribution is 7.91. The first-order chi connectivity index (χ1) is 8.83. The number of likely N-dealkylation sites (tertiary alicyclic amines) is 1. The summed E-state index contributed by atoms with van der Waals surface area (Å²) in [5.41, 5.74) is 0. The van der Waals surface area contributed by atoms with E-state index in [1.807, 2.05) is 11.8 Å². The van der Waals surface area contributed by atoms with E-state index in [-0.39, 0.29) is 22.8 Å². The van der Waals surface area contributed by atoms with Crippen LogP contribution in [0.2, 0.25) is 0 Å². The minimum Gasteiger partial charge on any atom is -0.343 e. The molecular formula is C14H27NO3S. The van der Waals surface area contributed by atoms with Gasteiger partial charge in [0.1, 0.15) is 0 Å². The fraction of sp³-hybridized carbons (Fsp3) is 0.929. The van der Waals surface area contributed by atoms with Gasteiger partial charge in [0.25, 0.3) is 0 Å². The second kappa shape index (κ2) is 7.27. The average Bonchev–Trinajstić information content (AvgIpc) is 2.81. The van der Waals surface area contributed by atoms with Crippen molar-refractivity contribution in [1.82, 2.24) is 4.90 Å². The zero-order valence-corrected chi connectivity index (χ0v) is 13.2. The maximum atomic E-state index is 11.9. The molecule has 5 heteroatoms. The lowest BCUT2D eigenvalue weighted by molar-refractivity contribution is -0.131. The first-order valence-electron chi connectivity index (χ1n) is 7.32. The molecular weight excluding hydrogens is 262 g/mol. The predicted octanol–water partition coefficient (Wildman–Crippen LogP) is 2.24. The number of hydrogen-bond donors (Lipinski definition) is 0. The molecule has 112 valence electrons. The van der Waals surface area contributed by atoms with Crippen LogP contribution in [0.4, 0.5) is 0 Å². The Hall–Kier alpha value is -0.580. The lowest BCUT2D eigenvalue weighted by Gasteiger charge is -2.18. The molecule has 1 saturated heterocycles. The smallest absolute Gasteiger partial charge is 0.222 e. The third-order valence-corrected chi connectivity index (χ3v) is 6.12. The Morgan fingerprint density at radius 3 is 2.26 bits per heavy atom. The van der Waals surface area contributed by atoms with Crippen LogP contribution < -0.4 is 0 Å². The molecule has 4 nitrogen and oxygen atoms in total. The number of rotatable bonds is 7. The van der Waals surface area contributed by atoms with Crippen LogP contribution >= 0.6 is 0 Å².